The van der Waals surface area contributed by atoms with Gasteiger partial charge in [0.25, 0.3) is 0 Å². The molecule has 0 bridgehead atoms. The molecule has 2 aromatic rings. The van der Waals surface area contributed by atoms with Gasteiger partial charge in [-0.15, -0.1) is 0 Å². The number of hydrogen-bond acceptors (Lipinski definition) is 5. The van der Waals surface area contributed by atoms with Crippen LogP contribution in [0.4, 0.5) is 5.95 Å². The zero-order chi connectivity index (χ0) is 14.8. The first-order valence-corrected chi connectivity index (χ1v) is 7.87. The van der Waals surface area contributed by atoms with Crippen molar-refractivity contribution < 1.29 is 4.74 Å². The summed E-state index contributed by atoms with van der Waals surface area (Å²) in [5.41, 5.74) is 2.68. The smallest absolute Gasteiger partial charge is 0.225 e. The first-order chi connectivity index (χ1) is 10.9. The topological polar surface area (TPSA) is 41.5 Å². The van der Waals surface area contributed by atoms with Gasteiger partial charge in [-0.3, -0.25) is 4.90 Å². The van der Waals surface area contributed by atoms with E-state index in [1.165, 1.54) is 11.1 Å². The van der Waals surface area contributed by atoms with Gasteiger partial charge in [0.2, 0.25) is 5.95 Å². The van der Waals surface area contributed by atoms with Gasteiger partial charge in [0.05, 0.1) is 6.61 Å². The van der Waals surface area contributed by atoms with E-state index in [1.807, 2.05) is 6.07 Å². The Balaban J connectivity index is 1.36. The van der Waals surface area contributed by atoms with Crippen molar-refractivity contribution >= 4 is 5.95 Å². The van der Waals surface area contributed by atoms with E-state index in [1.54, 1.807) is 12.4 Å². The van der Waals surface area contributed by atoms with Gasteiger partial charge in [-0.2, -0.15) is 0 Å². The molecule has 2 aliphatic heterocycles. The maximum atomic E-state index is 5.66. The molecule has 1 aromatic carbocycles. The van der Waals surface area contributed by atoms with Crippen LogP contribution in [0.1, 0.15) is 11.1 Å². The molecule has 1 saturated heterocycles. The summed E-state index contributed by atoms with van der Waals surface area (Å²) in [4.78, 5) is 13.4. The molecule has 1 aromatic heterocycles. The highest BCUT2D eigenvalue weighted by Gasteiger charge is 2.19. The second-order valence-electron chi connectivity index (χ2n) is 5.85. The van der Waals surface area contributed by atoms with E-state index in [2.05, 4.69) is 38.0 Å². The number of anilines is 1. The SMILES string of the molecule is c1cnc(N2CCN(Cc3ccc4c(c3)OCC4)CC2)nc1. The molecule has 3 heterocycles. The number of ether oxygens (including phenoxy) is 1. The molecule has 5 heteroatoms. The van der Waals surface area contributed by atoms with Gasteiger partial charge in [-0.25, -0.2) is 9.97 Å². The second-order valence-corrected chi connectivity index (χ2v) is 5.85. The molecule has 5 nitrogen and oxygen atoms in total. The number of hydrogen-bond donors (Lipinski definition) is 0. The predicted molar refractivity (Wildman–Crippen MR) is 85.2 cm³/mol. The van der Waals surface area contributed by atoms with Crippen molar-refractivity contribution in [2.75, 3.05) is 37.7 Å². The summed E-state index contributed by atoms with van der Waals surface area (Å²) in [5, 5.41) is 0. The number of piperazine rings is 1. The summed E-state index contributed by atoms with van der Waals surface area (Å²) < 4.78 is 5.66. The molecular formula is C17H20N4O. The Hall–Kier alpha value is -2.14. The van der Waals surface area contributed by atoms with E-state index in [0.717, 1.165) is 57.4 Å². The van der Waals surface area contributed by atoms with Crippen molar-refractivity contribution in [3.63, 3.8) is 0 Å². The van der Waals surface area contributed by atoms with E-state index < -0.39 is 0 Å². The van der Waals surface area contributed by atoms with Gasteiger partial charge in [-0.05, 0) is 23.3 Å². The quantitative estimate of drug-likeness (QED) is 0.863. The molecule has 0 N–H and O–H groups in total. The van der Waals surface area contributed by atoms with Crippen LogP contribution in [0.25, 0.3) is 0 Å². The largest absolute Gasteiger partial charge is 0.493 e. The summed E-state index contributed by atoms with van der Waals surface area (Å²) in [6, 6.07) is 8.51. The summed E-state index contributed by atoms with van der Waals surface area (Å²) >= 11 is 0. The lowest BCUT2D eigenvalue weighted by molar-refractivity contribution is 0.248. The molecule has 0 aliphatic carbocycles. The Morgan fingerprint density at radius 3 is 2.68 bits per heavy atom. The van der Waals surface area contributed by atoms with Gasteiger partial charge < -0.3 is 9.64 Å². The lowest BCUT2D eigenvalue weighted by Gasteiger charge is -2.34. The first-order valence-electron chi connectivity index (χ1n) is 7.87. The molecule has 114 valence electrons. The van der Waals surface area contributed by atoms with Crippen LogP contribution < -0.4 is 9.64 Å². The van der Waals surface area contributed by atoms with Crippen molar-refractivity contribution in [2.45, 2.75) is 13.0 Å². The molecule has 0 unspecified atom stereocenters. The number of rotatable bonds is 3. The van der Waals surface area contributed by atoms with Crippen molar-refractivity contribution in [1.82, 2.24) is 14.9 Å². The minimum atomic E-state index is 0.828. The minimum Gasteiger partial charge on any atom is -0.493 e. The number of nitrogens with zero attached hydrogens (tertiary/aromatic N) is 4. The van der Waals surface area contributed by atoms with Crippen molar-refractivity contribution in [2.24, 2.45) is 0 Å². The zero-order valence-electron chi connectivity index (χ0n) is 12.6. The van der Waals surface area contributed by atoms with Crippen LogP contribution in [0, 0.1) is 0 Å². The molecule has 4 rings (SSSR count). The molecule has 0 saturated carbocycles. The highest BCUT2D eigenvalue weighted by atomic mass is 16.5. The van der Waals surface area contributed by atoms with Gasteiger partial charge in [0.1, 0.15) is 5.75 Å². The van der Waals surface area contributed by atoms with Crippen LogP contribution in [-0.4, -0.2) is 47.7 Å². The second kappa shape index (κ2) is 5.93. The fraction of sp³-hybridized carbons (Fsp3) is 0.412. The van der Waals surface area contributed by atoms with Gasteiger partial charge >= 0.3 is 0 Å². The van der Waals surface area contributed by atoms with Gasteiger partial charge in [-0.1, -0.05) is 12.1 Å². The maximum absolute atomic E-state index is 5.66. The van der Waals surface area contributed by atoms with Crippen LogP contribution in [0.3, 0.4) is 0 Å². The summed E-state index contributed by atoms with van der Waals surface area (Å²) in [7, 11) is 0. The third-order valence-electron chi connectivity index (χ3n) is 4.37. The van der Waals surface area contributed by atoms with Crippen LogP contribution in [0.2, 0.25) is 0 Å². The Morgan fingerprint density at radius 2 is 1.86 bits per heavy atom. The third kappa shape index (κ3) is 2.76. The van der Waals surface area contributed by atoms with Crippen molar-refractivity contribution in [3.8, 4) is 5.75 Å². The summed E-state index contributed by atoms with van der Waals surface area (Å²) in [5.74, 6) is 1.92. The van der Waals surface area contributed by atoms with E-state index in [-0.39, 0.29) is 0 Å². The number of benzene rings is 1. The zero-order valence-corrected chi connectivity index (χ0v) is 12.6. The van der Waals surface area contributed by atoms with Gasteiger partial charge in [0, 0.05) is 51.5 Å². The minimum absolute atomic E-state index is 0.828. The highest BCUT2D eigenvalue weighted by Crippen LogP contribution is 2.26. The fourth-order valence-corrected chi connectivity index (χ4v) is 3.13. The molecule has 2 aliphatic rings. The van der Waals surface area contributed by atoms with E-state index >= 15 is 0 Å². The Kier molecular flexibility index (Phi) is 3.64. The van der Waals surface area contributed by atoms with E-state index in [9.17, 15) is 0 Å². The van der Waals surface area contributed by atoms with Crippen LogP contribution >= 0.6 is 0 Å². The Labute approximate surface area is 130 Å². The Morgan fingerprint density at radius 1 is 1.05 bits per heavy atom. The molecule has 0 radical (unpaired) electrons. The van der Waals surface area contributed by atoms with E-state index in [4.69, 9.17) is 4.74 Å². The fourth-order valence-electron chi connectivity index (χ4n) is 3.13. The molecule has 0 spiro atoms. The summed E-state index contributed by atoms with van der Waals surface area (Å²) in [6.07, 6.45) is 4.66. The van der Waals surface area contributed by atoms with Gasteiger partial charge in [0.15, 0.2) is 0 Å². The normalized spacial score (nSPS) is 18.1. The molecule has 22 heavy (non-hydrogen) atoms. The first kappa shape index (κ1) is 13.5. The average Bonchev–Trinajstić information content (AvgIpc) is 3.04. The predicted octanol–water partition coefficient (Wildman–Crippen LogP) is 1.73. The number of aromatic nitrogens is 2. The molecule has 0 amide bonds. The lowest BCUT2D eigenvalue weighted by Crippen LogP contribution is -2.46. The molecular weight excluding hydrogens is 276 g/mol. The number of fused-ring (bicyclic) bond motifs is 1. The van der Waals surface area contributed by atoms with Crippen LogP contribution in [-0.2, 0) is 13.0 Å². The third-order valence-corrected chi connectivity index (χ3v) is 4.37. The maximum Gasteiger partial charge on any atom is 0.225 e. The Bertz CT molecular complexity index is 638. The van der Waals surface area contributed by atoms with Crippen molar-refractivity contribution in [3.05, 3.63) is 47.8 Å². The van der Waals surface area contributed by atoms with Crippen LogP contribution in [0.5, 0.6) is 5.75 Å². The van der Waals surface area contributed by atoms with E-state index in [0.29, 0.717) is 0 Å². The lowest BCUT2D eigenvalue weighted by atomic mass is 10.1. The van der Waals surface area contributed by atoms with Crippen LogP contribution in [0.15, 0.2) is 36.7 Å². The molecule has 1 fully saturated rings. The molecule has 0 atom stereocenters. The van der Waals surface area contributed by atoms with Crippen molar-refractivity contribution in [1.29, 1.82) is 0 Å². The summed E-state index contributed by atoms with van der Waals surface area (Å²) in [6.45, 7) is 5.85. The average molecular weight is 296 g/mol. The standard InChI is InChI=1S/C17H20N4O/c1-5-18-17(19-6-1)21-9-7-20(8-10-21)13-14-2-3-15-4-11-22-16(15)12-14/h1-3,5-6,12H,4,7-11,13H2. The highest BCUT2D eigenvalue weighted by molar-refractivity contribution is 5.40. The monoisotopic (exact) mass is 296 g/mol.